The molecule has 0 aromatic carbocycles. The van der Waals surface area contributed by atoms with Crippen molar-refractivity contribution in [3.8, 4) is 0 Å². The Bertz CT molecular complexity index is 122. The zero-order valence-corrected chi connectivity index (χ0v) is 11.6. The minimum Gasteiger partial charge on any atom is -0.299 e. The molecule has 1 nitrogen and oxygen atoms in total. The minimum absolute atomic E-state index is 0.204. The Kier molecular flexibility index (Phi) is 13.4. The van der Waals surface area contributed by atoms with Crippen molar-refractivity contribution in [3.05, 3.63) is 0 Å². The van der Waals surface area contributed by atoms with Gasteiger partial charge < -0.3 is 0 Å². The van der Waals surface area contributed by atoms with Crippen LogP contribution in [0.3, 0.4) is 0 Å². The Morgan fingerprint density at radius 1 is 0.800 bits per heavy atom. The zero-order chi connectivity index (χ0) is 12.3. The Morgan fingerprint density at radius 3 is 1.27 bits per heavy atom. The molecular weight excluding hydrogens is 184 g/mol. The predicted octanol–water partition coefficient (Wildman–Crippen LogP) is 4.84. The number of Topliss-reactive ketones (excluding diaryl/α,β-unsaturated/α-hetero) is 1. The van der Waals surface area contributed by atoms with Gasteiger partial charge in [-0.15, -0.1) is 0 Å². The van der Waals surface area contributed by atoms with Crippen molar-refractivity contribution in [2.45, 2.75) is 73.6 Å². The number of carbonyl (C=O) groups is 1. The summed E-state index contributed by atoms with van der Waals surface area (Å²) in [5.74, 6) is 0.759. The molecule has 0 aliphatic heterocycles. The third-order valence-electron chi connectivity index (χ3n) is 2.35. The highest BCUT2D eigenvalue weighted by Crippen LogP contribution is 2.03. The molecule has 0 bridgehead atoms. The van der Waals surface area contributed by atoms with E-state index in [9.17, 15) is 4.79 Å². The fraction of sp³-hybridized carbons (Fsp3) is 0.929. The summed E-state index contributed by atoms with van der Waals surface area (Å²) in [7, 11) is 0. The van der Waals surface area contributed by atoms with Crippen LogP contribution >= 0.6 is 0 Å². The first-order valence-corrected chi connectivity index (χ1v) is 6.51. The maximum atomic E-state index is 10.8. The van der Waals surface area contributed by atoms with E-state index in [1.54, 1.807) is 0 Å². The van der Waals surface area contributed by atoms with Gasteiger partial charge in [-0.3, -0.25) is 4.79 Å². The molecular formula is C14H30O. The first kappa shape index (κ1) is 17.1. The number of ketones is 1. The summed E-state index contributed by atoms with van der Waals surface area (Å²) in [5, 5.41) is 0. The highest BCUT2D eigenvalue weighted by atomic mass is 16.1. The molecule has 0 fully saturated rings. The van der Waals surface area contributed by atoms with E-state index in [0.29, 0.717) is 5.78 Å². The van der Waals surface area contributed by atoms with Crippen molar-refractivity contribution in [1.29, 1.82) is 0 Å². The molecule has 1 heteroatoms. The lowest BCUT2D eigenvalue weighted by Crippen LogP contribution is -2.13. The second-order valence-electron chi connectivity index (χ2n) is 4.77. The largest absolute Gasteiger partial charge is 0.299 e. The van der Waals surface area contributed by atoms with Crippen LogP contribution in [0.1, 0.15) is 73.6 Å². The van der Waals surface area contributed by atoms with E-state index in [4.69, 9.17) is 0 Å². The van der Waals surface area contributed by atoms with E-state index in [2.05, 4.69) is 13.8 Å². The smallest absolute Gasteiger partial charge is 0.137 e. The molecule has 0 saturated carbocycles. The Morgan fingerprint density at radius 2 is 1.13 bits per heavy atom. The van der Waals surface area contributed by atoms with Gasteiger partial charge in [0.1, 0.15) is 5.78 Å². The molecule has 0 rings (SSSR count). The molecule has 0 heterocycles. The van der Waals surface area contributed by atoms with Gasteiger partial charge in [-0.1, -0.05) is 73.6 Å². The molecule has 0 aliphatic carbocycles. The van der Waals surface area contributed by atoms with Crippen molar-refractivity contribution in [2.24, 2.45) is 11.8 Å². The van der Waals surface area contributed by atoms with Crippen molar-refractivity contribution in [1.82, 2.24) is 0 Å². The quantitative estimate of drug-likeness (QED) is 0.578. The van der Waals surface area contributed by atoms with Gasteiger partial charge in [-0.25, -0.2) is 0 Å². The van der Waals surface area contributed by atoms with Crippen LogP contribution in [0.15, 0.2) is 0 Å². The second kappa shape index (κ2) is 11.7. The number of carbonyl (C=O) groups excluding carboxylic acids is 1. The minimum atomic E-state index is 0.204. The van der Waals surface area contributed by atoms with Gasteiger partial charge in [0, 0.05) is 11.8 Å². The second-order valence-corrected chi connectivity index (χ2v) is 4.77. The highest BCUT2D eigenvalue weighted by Gasteiger charge is 2.09. The lowest BCUT2D eigenvalue weighted by atomic mass is 9.99. The molecule has 0 aromatic heterocycles. The van der Waals surface area contributed by atoms with Crippen LogP contribution in [0.25, 0.3) is 0 Å². The topological polar surface area (TPSA) is 17.1 Å². The van der Waals surface area contributed by atoms with Gasteiger partial charge in [0.05, 0.1) is 0 Å². The first-order chi connectivity index (χ1) is 6.97. The fourth-order valence-corrected chi connectivity index (χ4v) is 1.34. The Labute approximate surface area is 96.7 Å². The Hall–Kier alpha value is -0.330. The van der Waals surface area contributed by atoms with Crippen LogP contribution in [-0.4, -0.2) is 5.78 Å². The maximum Gasteiger partial charge on any atom is 0.137 e. The van der Waals surface area contributed by atoms with Gasteiger partial charge in [-0.05, 0) is 0 Å². The third kappa shape index (κ3) is 13.7. The number of unbranched alkanes of at least 4 members (excludes halogenated alkanes) is 4. The number of rotatable bonds is 6. The van der Waals surface area contributed by atoms with Crippen molar-refractivity contribution in [2.75, 3.05) is 0 Å². The molecule has 0 spiro atoms. The molecule has 0 unspecified atom stereocenters. The van der Waals surface area contributed by atoms with Gasteiger partial charge in [0.25, 0.3) is 0 Å². The van der Waals surface area contributed by atoms with Gasteiger partial charge in [0.2, 0.25) is 0 Å². The first-order valence-electron chi connectivity index (χ1n) is 6.51. The van der Waals surface area contributed by atoms with Gasteiger partial charge in [0.15, 0.2) is 0 Å². The van der Waals surface area contributed by atoms with E-state index < -0.39 is 0 Å². The zero-order valence-electron chi connectivity index (χ0n) is 11.6. The molecule has 0 aliphatic rings. The van der Waals surface area contributed by atoms with Crippen molar-refractivity contribution >= 4 is 5.78 Å². The van der Waals surface area contributed by atoms with Gasteiger partial charge in [-0.2, -0.15) is 0 Å². The van der Waals surface area contributed by atoms with Crippen LogP contribution in [0.5, 0.6) is 0 Å². The lowest BCUT2D eigenvalue weighted by Gasteiger charge is -2.05. The van der Waals surface area contributed by atoms with Crippen molar-refractivity contribution in [3.63, 3.8) is 0 Å². The summed E-state index contributed by atoms with van der Waals surface area (Å²) in [6.07, 6.45) is 7.01. The van der Waals surface area contributed by atoms with E-state index in [1.807, 2.05) is 27.7 Å². The van der Waals surface area contributed by atoms with Crippen LogP contribution in [0.4, 0.5) is 0 Å². The summed E-state index contributed by atoms with van der Waals surface area (Å²) < 4.78 is 0. The summed E-state index contributed by atoms with van der Waals surface area (Å²) in [4.78, 5) is 10.8. The monoisotopic (exact) mass is 214 g/mol. The molecule has 0 atom stereocenters. The highest BCUT2D eigenvalue weighted by molar-refractivity contribution is 5.81. The lowest BCUT2D eigenvalue weighted by molar-refractivity contribution is -0.124. The molecule has 0 saturated heterocycles. The maximum absolute atomic E-state index is 10.8. The summed E-state index contributed by atoms with van der Waals surface area (Å²) in [6, 6.07) is 0. The third-order valence-corrected chi connectivity index (χ3v) is 2.35. The summed E-state index contributed by atoms with van der Waals surface area (Å²) in [5.41, 5.74) is 0. The molecule has 0 aromatic rings. The van der Waals surface area contributed by atoms with Crippen molar-refractivity contribution < 1.29 is 4.79 Å². The average molecular weight is 214 g/mol. The van der Waals surface area contributed by atoms with Crippen LogP contribution in [0, 0.1) is 11.8 Å². The molecule has 92 valence electrons. The average Bonchev–Trinajstić information content (AvgIpc) is 2.18. The number of hydrogen-bond donors (Lipinski definition) is 0. The van der Waals surface area contributed by atoms with E-state index in [0.717, 1.165) is 0 Å². The van der Waals surface area contributed by atoms with E-state index in [1.165, 1.54) is 32.1 Å². The van der Waals surface area contributed by atoms with Crippen LogP contribution in [-0.2, 0) is 4.79 Å². The normalized spacial score (nSPS) is 10.1. The molecule has 15 heavy (non-hydrogen) atoms. The van der Waals surface area contributed by atoms with Gasteiger partial charge >= 0.3 is 0 Å². The Balaban J connectivity index is 0. The molecule has 0 N–H and O–H groups in total. The summed E-state index contributed by atoms with van der Waals surface area (Å²) >= 11 is 0. The standard InChI is InChI=1S/C7H14O.C7H16/c1-5(2)7(8)6(3)4;1-3-5-7-6-4-2/h5-6H,1-4H3;3-7H2,1-2H3. The SMILES string of the molecule is CC(C)C(=O)C(C)C.CCCCCCC. The predicted molar refractivity (Wildman–Crippen MR) is 69.1 cm³/mol. The van der Waals surface area contributed by atoms with Crippen LogP contribution < -0.4 is 0 Å². The van der Waals surface area contributed by atoms with E-state index >= 15 is 0 Å². The fourth-order valence-electron chi connectivity index (χ4n) is 1.34. The molecule has 0 amide bonds. The number of hydrogen-bond acceptors (Lipinski definition) is 1. The van der Waals surface area contributed by atoms with Crippen LogP contribution in [0.2, 0.25) is 0 Å². The molecule has 0 radical (unpaired) electrons. The summed E-state index contributed by atoms with van der Waals surface area (Å²) in [6.45, 7) is 12.2. The van der Waals surface area contributed by atoms with E-state index in [-0.39, 0.29) is 11.8 Å².